The van der Waals surface area contributed by atoms with Crippen LogP contribution in [0.4, 0.5) is 0 Å². The van der Waals surface area contributed by atoms with Gasteiger partial charge in [0, 0.05) is 10.9 Å². The number of rotatable bonds is 3. The maximum Gasteiger partial charge on any atom is 0.106 e. The number of halogens is 1. The lowest BCUT2D eigenvalue weighted by Gasteiger charge is -2.02. The molecule has 1 aromatic rings. The Hall–Kier alpha value is -0.830. The minimum atomic E-state index is 0.699. The summed E-state index contributed by atoms with van der Waals surface area (Å²) in [4.78, 5) is 4.75. The summed E-state index contributed by atoms with van der Waals surface area (Å²) in [6.45, 7) is 2.06. The highest BCUT2D eigenvalue weighted by Crippen LogP contribution is 2.07. The van der Waals surface area contributed by atoms with Crippen molar-refractivity contribution in [3.63, 3.8) is 0 Å². The van der Waals surface area contributed by atoms with E-state index in [1.165, 1.54) is 5.56 Å². The summed E-state index contributed by atoms with van der Waals surface area (Å²) in [6, 6.07) is 8.17. The number of nitrogens with zero attached hydrogens (tertiary/aromatic N) is 1. The van der Waals surface area contributed by atoms with Crippen molar-refractivity contribution in [2.45, 2.75) is 6.92 Å². The van der Waals surface area contributed by atoms with Crippen molar-refractivity contribution < 1.29 is 4.84 Å². The lowest BCUT2D eigenvalue weighted by molar-refractivity contribution is 0.213. The molecular weight excluding hydrogens is 230 g/mol. The first-order chi connectivity index (χ1) is 6.27. The van der Waals surface area contributed by atoms with Gasteiger partial charge in [0.05, 0.1) is 5.71 Å². The molecule has 2 nitrogen and oxygen atoms in total. The summed E-state index contributed by atoms with van der Waals surface area (Å²) in [5, 5.41) is 4.62. The minimum Gasteiger partial charge on any atom is -0.399 e. The molecule has 0 saturated heterocycles. The third-order valence-corrected chi connectivity index (χ3v) is 2.21. The van der Waals surface area contributed by atoms with Crippen molar-refractivity contribution >= 4 is 21.6 Å². The zero-order valence-electron chi connectivity index (χ0n) is 7.75. The van der Waals surface area contributed by atoms with Crippen LogP contribution in [-0.2, 0) is 4.84 Å². The summed E-state index contributed by atoms with van der Waals surface area (Å²) >= 11 is 3.37. The van der Waals surface area contributed by atoms with E-state index in [1.54, 1.807) is 7.11 Å². The van der Waals surface area contributed by atoms with E-state index in [-0.39, 0.29) is 0 Å². The zero-order valence-corrected chi connectivity index (χ0v) is 9.34. The lowest BCUT2D eigenvalue weighted by Crippen LogP contribution is -2.02. The van der Waals surface area contributed by atoms with E-state index >= 15 is 0 Å². The topological polar surface area (TPSA) is 21.6 Å². The molecule has 70 valence electrons. The van der Waals surface area contributed by atoms with E-state index in [0.717, 1.165) is 11.3 Å². The highest BCUT2D eigenvalue weighted by Gasteiger charge is 2.01. The average Bonchev–Trinajstić information content (AvgIpc) is 2.14. The van der Waals surface area contributed by atoms with Gasteiger partial charge in [-0.05, 0) is 6.92 Å². The molecule has 0 aliphatic heterocycles. The van der Waals surface area contributed by atoms with Crippen LogP contribution in [0.15, 0.2) is 29.4 Å². The molecule has 1 aromatic carbocycles. The molecule has 0 unspecified atom stereocenters. The predicted octanol–water partition coefficient (Wildman–Crippen LogP) is 2.74. The molecule has 0 bridgehead atoms. The third-order valence-electron chi connectivity index (χ3n) is 1.68. The molecule has 1 rings (SSSR count). The number of hydrogen-bond acceptors (Lipinski definition) is 2. The van der Waals surface area contributed by atoms with Gasteiger partial charge in [0.25, 0.3) is 0 Å². The van der Waals surface area contributed by atoms with Gasteiger partial charge in [0.2, 0.25) is 0 Å². The van der Waals surface area contributed by atoms with Crippen molar-refractivity contribution in [2.75, 3.05) is 12.4 Å². The maximum absolute atomic E-state index is 4.75. The van der Waals surface area contributed by atoms with Gasteiger partial charge in [-0.3, -0.25) is 0 Å². The first-order valence-electron chi connectivity index (χ1n) is 4.01. The highest BCUT2D eigenvalue weighted by atomic mass is 79.9. The minimum absolute atomic E-state index is 0.699. The molecule has 0 saturated carbocycles. The van der Waals surface area contributed by atoms with Crippen molar-refractivity contribution in [3.05, 3.63) is 35.4 Å². The molecule has 0 spiro atoms. The number of oxime groups is 1. The van der Waals surface area contributed by atoms with Crippen molar-refractivity contribution in [3.8, 4) is 0 Å². The van der Waals surface area contributed by atoms with Gasteiger partial charge in [-0.1, -0.05) is 50.9 Å². The zero-order chi connectivity index (χ0) is 9.68. The molecule has 0 aliphatic rings. The standard InChI is InChI=1S/C10H12BrNO/c1-8-4-3-5-9(6-8)10(7-11)12-13-2/h3-6H,7H2,1-2H3. The Balaban J connectivity index is 2.98. The molecule has 0 amide bonds. The monoisotopic (exact) mass is 241 g/mol. The van der Waals surface area contributed by atoms with Crippen LogP contribution in [0, 0.1) is 6.92 Å². The summed E-state index contributed by atoms with van der Waals surface area (Å²) in [5.74, 6) is 0. The number of benzene rings is 1. The van der Waals surface area contributed by atoms with Crippen LogP contribution in [0.3, 0.4) is 0 Å². The predicted molar refractivity (Wildman–Crippen MR) is 58.5 cm³/mol. The second kappa shape index (κ2) is 5.02. The van der Waals surface area contributed by atoms with Crippen molar-refractivity contribution in [1.82, 2.24) is 0 Å². The molecule has 0 aliphatic carbocycles. The molecule has 0 N–H and O–H groups in total. The number of aryl methyl sites for hydroxylation is 1. The fraction of sp³-hybridized carbons (Fsp3) is 0.300. The van der Waals surface area contributed by atoms with E-state index in [1.807, 2.05) is 12.1 Å². The number of alkyl halides is 1. The van der Waals surface area contributed by atoms with E-state index in [4.69, 9.17) is 4.84 Å². The largest absolute Gasteiger partial charge is 0.399 e. The van der Waals surface area contributed by atoms with Gasteiger partial charge in [-0.25, -0.2) is 0 Å². The fourth-order valence-corrected chi connectivity index (χ4v) is 1.52. The highest BCUT2D eigenvalue weighted by molar-refractivity contribution is 9.09. The second-order valence-electron chi connectivity index (χ2n) is 2.72. The Morgan fingerprint density at radius 3 is 2.85 bits per heavy atom. The third kappa shape index (κ3) is 2.84. The SMILES string of the molecule is CON=C(CBr)c1cccc(C)c1. The molecule has 3 heteroatoms. The summed E-state index contributed by atoms with van der Waals surface area (Å²) in [7, 11) is 1.55. The summed E-state index contributed by atoms with van der Waals surface area (Å²) < 4.78 is 0. The molecule has 0 radical (unpaired) electrons. The van der Waals surface area contributed by atoms with Crippen LogP contribution in [0.1, 0.15) is 11.1 Å². The van der Waals surface area contributed by atoms with Crippen LogP contribution in [0.25, 0.3) is 0 Å². The van der Waals surface area contributed by atoms with Crippen LogP contribution in [0.5, 0.6) is 0 Å². The first kappa shape index (κ1) is 10.3. The van der Waals surface area contributed by atoms with E-state index in [9.17, 15) is 0 Å². The van der Waals surface area contributed by atoms with Crippen LogP contribution in [-0.4, -0.2) is 18.2 Å². The van der Waals surface area contributed by atoms with Gasteiger partial charge in [-0.15, -0.1) is 0 Å². The molecule has 0 aromatic heterocycles. The van der Waals surface area contributed by atoms with E-state index in [2.05, 4.69) is 40.1 Å². The van der Waals surface area contributed by atoms with Crippen molar-refractivity contribution in [1.29, 1.82) is 0 Å². The summed E-state index contributed by atoms with van der Waals surface area (Å²) in [5.41, 5.74) is 3.23. The second-order valence-corrected chi connectivity index (χ2v) is 3.28. The van der Waals surface area contributed by atoms with Gasteiger partial charge >= 0.3 is 0 Å². The Morgan fingerprint density at radius 1 is 1.54 bits per heavy atom. The Kier molecular flexibility index (Phi) is 3.96. The summed E-state index contributed by atoms with van der Waals surface area (Å²) in [6.07, 6.45) is 0. The molecule has 0 fully saturated rings. The molecule has 0 atom stereocenters. The van der Waals surface area contributed by atoms with Crippen LogP contribution < -0.4 is 0 Å². The molecular formula is C10H12BrNO. The number of hydrogen-bond donors (Lipinski definition) is 0. The van der Waals surface area contributed by atoms with Gasteiger partial charge in [-0.2, -0.15) is 0 Å². The Bertz CT molecular complexity index is 310. The Labute approximate surface area is 86.7 Å². The van der Waals surface area contributed by atoms with Crippen LogP contribution >= 0.6 is 15.9 Å². The quantitative estimate of drug-likeness (QED) is 0.453. The fourth-order valence-electron chi connectivity index (χ4n) is 1.09. The lowest BCUT2D eigenvalue weighted by atomic mass is 10.1. The first-order valence-corrected chi connectivity index (χ1v) is 5.13. The maximum atomic E-state index is 4.75. The average molecular weight is 242 g/mol. The smallest absolute Gasteiger partial charge is 0.106 e. The Morgan fingerprint density at radius 2 is 2.31 bits per heavy atom. The van der Waals surface area contributed by atoms with Crippen LogP contribution in [0.2, 0.25) is 0 Å². The normalized spacial score (nSPS) is 11.5. The van der Waals surface area contributed by atoms with E-state index in [0.29, 0.717) is 5.33 Å². The van der Waals surface area contributed by atoms with E-state index < -0.39 is 0 Å². The van der Waals surface area contributed by atoms with Crippen molar-refractivity contribution in [2.24, 2.45) is 5.16 Å². The van der Waals surface area contributed by atoms with Gasteiger partial charge < -0.3 is 4.84 Å². The molecule has 0 heterocycles. The van der Waals surface area contributed by atoms with Gasteiger partial charge in [0.1, 0.15) is 7.11 Å². The molecule has 13 heavy (non-hydrogen) atoms. The van der Waals surface area contributed by atoms with Gasteiger partial charge in [0.15, 0.2) is 0 Å².